The first-order valence-electron chi connectivity index (χ1n) is 9.69. The lowest BCUT2D eigenvalue weighted by Crippen LogP contribution is -2.23. The minimum Gasteiger partial charge on any atom is -0.489 e. The molecule has 0 aromatic heterocycles. The van der Waals surface area contributed by atoms with Crippen LogP contribution >= 0.6 is 11.8 Å². The van der Waals surface area contributed by atoms with Crippen LogP contribution in [0.3, 0.4) is 0 Å². The Labute approximate surface area is 180 Å². The monoisotopic (exact) mass is 414 g/mol. The SMILES string of the molecule is Cc1ccccc1N=C1S/C(=C/c2ccc(OCc3ccccc3)cc2)C(=O)N1C. The predicted octanol–water partition coefficient (Wildman–Crippen LogP) is 5.81. The van der Waals surface area contributed by atoms with Gasteiger partial charge in [0.05, 0.1) is 10.6 Å². The van der Waals surface area contributed by atoms with Crippen molar-refractivity contribution in [2.24, 2.45) is 4.99 Å². The zero-order chi connectivity index (χ0) is 20.9. The van der Waals surface area contributed by atoms with Crippen molar-refractivity contribution >= 4 is 34.6 Å². The normalized spacial score (nSPS) is 16.5. The molecule has 1 amide bonds. The van der Waals surface area contributed by atoms with Gasteiger partial charge < -0.3 is 4.74 Å². The molecule has 4 nitrogen and oxygen atoms in total. The van der Waals surface area contributed by atoms with E-state index in [1.807, 2.05) is 91.9 Å². The predicted molar refractivity (Wildman–Crippen MR) is 124 cm³/mol. The molecule has 1 saturated heterocycles. The molecule has 0 saturated carbocycles. The van der Waals surface area contributed by atoms with Gasteiger partial charge in [0.1, 0.15) is 12.4 Å². The van der Waals surface area contributed by atoms with Crippen LogP contribution in [0.4, 0.5) is 5.69 Å². The fraction of sp³-hybridized carbons (Fsp3) is 0.120. The fourth-order valence-electron chi connectivity index (χ4n) is 3.00. The molecule has 0 N–H and O–H groups in total. The lowest BCUT2D eigenvalue weighted by molar-refractivity contribution is -0.121. The maximum Gasteiger partial charge on any atom is 0.266 e. The molecule has 0 atom stereocenters. The van der Waals surface area contributed by atoms with Gasteiger partial charge in [-0.2, -0.15) is 0 Å². The van der Waals surface area contributed by atoms with E-state index in [0.717, 1.165) is 28.1 Å². The van der Waals surface area contributed by atoms with Crippen LogP contribution < -0.4 is 4.74 Å². The average Bonchev–Trinajstić information content (AvgIpc) is 3.03. The van der Waals surface area contributed by atoms with Crippen LogP contribution in [0.1, 0.15) is 16.7 Å². The van der Waals surface area contributed by atoms with E-state index in [0.29, 0.717) is 16.7 Å². The zero-order valence-corrected chi connectivity index (χ0v) is 17.7. The molecular weight excluding hydrogens is 392 g/mol. The van der Waals surface area contributed by atoms with E-state index in [-0.39, 0.29) is 5.91 Å². The minimum absolute atomic E-state index is 0.0447. The van der Waals surface area contributed by atoms with E-state index >= 15 is 0 Å². The Morgan fingerprint density at radius 2 is 1.67 bits per heavy atom. The van der Waals surface area contributed by atoms with E-state index in [4.69, 9.17) is 4.74 Å². The molecular formula is C25H22N2O2S. The highest BCUT2D eigenvalue weighted by Gasteiger charge is 2.30. The van der Waals surface area contributed by atoms with Gasteiger partial charge in [0.2, 0.25) is 0 Å². The first-order valence-corrected chi connectivity index (χ1v) is 10.5. The van der Waals surface area contributed by atoms with Crippen molar-refractivity contribution in [1.29, 1.82) is 0 Å². The smallest absolute Gasteiger partial charge is 0.266 e. The molecule has 30 heavy (non-hydrogen) atoms. The van der Waals surface area contributed by atoms with Gasteiger partial charge in [-0.25, -0.2) is 4.99 Å². The van der Waals surface area contributed by atoms with Crippen LogP contribution in [-0.4, -0.2) is 23.0 Å². The average molecular weight is 415 g/mol. The Morgan fingerprint density at radius 3 is 2.40 bits per heavy atom. The largest absolute Gasteiger partial charge is 0.489 e. The Morgan fingerprint density at radius 1 is 0.967 bits per heavy atom. The van der Waals surface area contributed by atoms with Gasteiger partial charge in [0.15, 0.2) is 5.17 Å². The number of carbonyl (C=O) groups excluding carboxylic acids is 1. The standard InChI is InChI=1S/C25H22N2O2S/c1-18-8-6-7-11-22(18)26-25-27(2)24(28)23(30-25)16-19-12-14-21(15-13-19)29-17-20-9-4-3-5-10-20/h3-16H,17H2,1-2H3/b23-16+,26-25?. The number of benzene rings is 3. The highest BCUT2D eigenvalue weighted by molar-refractivity contribution is 8.18. The van der Waals surface area contributed by atoms with Crippen molar-refractivity contribution in [3.8, 4) is 5.75 Å². The highest BCUT2D eigenvalue weighted by atomic mass is 32.2. The Hall–Kier alpha value is -3.31. The van der Waals surface area contributed by atoms with Gasteiger partial charge in [-0.1, -0.05) is 60.7 Å². The van der Waals surface area contributed by atoms with E-state index < -0.39 is 0 Å². The summed E-state index contributed by atoms with van der Waals surface area (Å²) < 4.78 is 5.83. The maximum atomic E-state index is 12.7. The van der Waals surface area contributed by atoms with Crippen molar-refractivity contribution in [2.75, 3.05) is 7.05 Å². The number of amidine groups is 1. The number of thioether (sulfide) groups is 1. The second-order valence-corrected chi connectivity index (χ2v) is 8.01. The molecule has 0 aliphatic carbocycles. The second kappa shape index (κ2) is 9.01. The molecule has 0 bridgehead atoms. The van der Waals surface area contributed by atoms with Crippen molar-refractivity contribution in [2.45, 2.75) is 13.5 Å². The lowest BCUT2D eigenvalue weighted by atomic mass is 10.2. The number of nitrogens with zero attached hydrogens (tertiary/aromatic N) is 2. The van der Waals surface area contributed by atoms with Crippen LogP contribution in [-0.2, 0) is 11.4 Å². The van der Waals surface area contributed by atoms with Gasteiger partial charge in [-0.15, -0.1) is 0 Å². The van der Waals surface area contributed by atoms with Gasteiger partial charge >= 0.3 is 0 Å². The van der Waals surface area contributed by atoms with Crippen molar-refractivity contribution in [1.82, 2.24) is 4.90 Å². The Bertz CT molecular complexity index is 1110. The van der Waals surface area contributed by atoms with Gasteiger partial charge in [-0.05, 0) is 59.7 Å². The number of aryl methyl sites for hydroxylation is 1. The molecule has 1 aliphatic rings. The molecule has 1 aliphatic heterocycles. The number of likely N-dealkylation sites (N-methyl/N-ethyl adjacent to an activating group) is 1. The molecule has 1 fully saturated rings. The van der Waals surface area contributed by atoms with Crippen molar-refractivity contribution < 1.29 is 9.53 Å². The quantitative estimate of drug-likeness (QED) is 0.495. The third-order valence-corrected chi connectivity index (χ3v) is 5.82. The topological polar surface area (TPSA) is 41.9 Å². The van der Waals surface area contributed by atoms with Crippen LogP contribution in [0.5, 0.6) is 5.75 Å². The molecule has 0 unspecified atom stereocenters. The van der Waals surface area contributed by atoms with Crippen molar-refractivity contribution in [3.05, 3.63) is 100 Å². The molecule has 0 spiro atoms. The van der Waals surface area contributed by atoms with E-state index in [2.05, 4.69) is 4.99 Å². The number of ether oxygens (including phenoxy) is 1. The number of hydrogen-bond acceptors (Lipinski definition) is 4. The molecule has 5 heteroatoms. The number of rotatable bonds is 5. The molecule has 1 heterocycles. The number of aliphatic imine (C=N–C) groups is 1. The molecule has 150 valence electrons. The fourth-order valence-corrected chi connectivity index (χ4v) is 3.98. The van der Waals surface area contributed by atoms with E-state index in [1.54, 1.807) is 11.9 Å². The van der Waals surface area contributed by atoms with Crippen molar-refractivity contribution in [3.63, 3.8) is 0 Å². The lowest BCUT2D eigenvalue weighted by Gasteiger charge is -2.08. The third kappa shape index (κ3) is 4.63. The van der Waals surface area contributed by atoms with Gasteiger partial charge in [0, 0.05) is 7.05 Å². The summed E-state index contributed by atoms with van der Waals surface area (Å²) in [6.45, 7) is 2.54. The molecule has 4 rings (SSSR count). The molecule has 0 radical (unpaired) electrons. The van der Waals surface area contributed by atoms with E-state index in [9.17, 15) is 4.79 Å². The van der Waals surface area contributed by atoms with Gasteiger partial charge in [-0.3, -0.25) is 9.69 Å². The molecule has 3 aromatic rings. The first-order chi connectivity index (χ1) is 14.6. The number of amides is 1. The summed E-state index contributed by atoms with van der Waals surface area (Å²) in [5, 5.41) is 0.684. The maximum absolute atomic E-state index is 12.7. The summed E-state index contributed by atoms with van der Waals surface area (Å²) in [4.78, 5) is 19.6. The first kappa shape index (κ1) is 20.0. The zero-order valence-electron chi connectivity index (χ0n) is 16.9. The molecule has 3 aromatic carbocycles. The summed E-state index contributed by atoms with van der Waals surface area (Å²) in [5.41, 5.74) is 4.03. The number of carbonyl (C=O) groups is 1. The Balaban J connectivity index is 1.46. The number of para-hydroxylation sites is 1. The highest BCUT2D eigenvalue weighted by Crippen LogP contribution is 2.34. The van der Waals surface area contributed by atoms with Crippen LogP contribution in [0.25, 0.3) is 6.08 Å². The summed E-state index contributed by atoms with van der Waals surface area (Å²) >= 11 is 1.39. The number of hydrogen-bond donors (Lipinski definition) is 0. The van der Waals surface area contributed by atoms with Crippen LogP contribution in [0.15, 0.2) is 88.8 Å². The second-order valence-electron chi connectivity index (χ2n) is 7.00. The van der Waals surface area contributed by atoms with Crippen LogP contribution in [0.2, 0.25) is 0 Å². The summed E-state index contributed by atoms with van der Waals surface area (Å²) in [6.07, 6.45) is 1.89. The summed E-state index contributed by atoms with van der Waals surface area (Å²) in [7, 11) is 1.76. The third-order valence-electron chi connectivity index (χ3n) is 4.76. The van der Waals surface area contributed by atoms with Crippen LogP contribution in [0, 0.1) is 6.92 Å². The Kier molecular flexibility index (Phi) is 6.00. The summed E-state index contributed by atoms with van der Waals surface area (Å²) in [5.74, 6) is 0.752. The van der Waals surface area contributed by atoms with E-state index in [1.165, 1.54) is 11.8 Å². The minimum atomic E-state index is -0.0447. The van der Waals surface area contributed by atoms with Gasteiger partial charge in [0.25, 0.3) is 5.91 Å². The summed E-state index contributed by atoms with van der Waals surface area (Å²) in [6, 6.07) is 25.7.